The van der Waals surface area contributed by atoms with Crippen molar-refractivity contribution in [3.63, 3.8) is 0 Å². The first kappa shape index (κ1) is 20.8. The zero-order valence-corrected chi connectivity index (χ0v) is 18.1. The summed E-state index contributed by atoms with van der Waals surface area (Å²) in [5.41, 5.74) is 4.10. The van der Waals surface area contributed by atoms with E-state index >= 15 is 0 Å². The van der Waals surface area contributed by atoms with Crippen LogP contribution in [0.3, 0.4) is 0 Å². The number of amides is 2. The summed E-state index contributed by atoms with van der Waals surface area (Å²) in [6, 6.07) is 13.5. The van der Waals surface area contributed by atoms with Crippen LogP contribution in [-0.2, 0) is 4.79 Å². The summed E-state index contributed by atoms with van der Waals surface area (Å²) < 4.78 is 1.57. The highest BCUT2D eigenvalue weighted by Crippen LogP contribution is 2.28. The molecule has 3 heterocycles. The van der Waals surface area contributed by atoms with E-state index in [1.54, 1.807) is 28.7 Å². The van der Waals surface area contributed by atoms with Gasteiger partial charge in [0.2, 0.25) is 5.91 Å². The fraction of sp³-hybridized carbons (Fsp3) is 0.0952. The van der Waals surface area contributed by atoms with Gasteiger partial charge in [0, 0.05) is 35.8 Å². The molecule has 0 aliphatic heterocycles. The van der Waals surface area contributed by atoms with Crippen LogP contribution in [0.15, 0.2) is 66.4 Å². The molecule has 0 atom stereocenters. The van der Waals surface area contributed by atoms with Crippen molar-refractivity contribution in [1.29, 1.82) is 0 Å². The van der Waals surface area contributed by atoms with Crippen molar-refractivity contribution in [3.05, 3.63) is 72.1 Å². The minimum absolute atomic E-state index is 0.169. The van der Waals surface area contributed by atoms with Gasteiger partial charge in [-0.15, -0.1) is 11.3 Å². The fourth-order valence-electron chi connectivity index (χ4n) is 2.81. The van der Waals surface area contributed by atoms with Crippen molar-refractivity contribution in [3.8, 4) is 22.4 Å². The predicted molar refractivity (Wildman–Crippen MR) is 123 cm³/mol. The monoisotopic (exact) mass is 450 g/mol. The van der Waals surface area contributed by atoms with Gasteiger partial charge in [0.05, 0.1) is 12.2 Å². The van der Waals surface area contributed by atoms with Crippen molar-refractivity contribution in [2.24, 2.45) is 0 Å². The van der Waals surface area contributed by atoms with Gasteiger partial charge in [-0.05, 0) is 47.3 Å². The van der Waals surface area contributed by atoms with Gasteiger partial charge < -0.3 is 10.6 Å². The number of nitrogens with zero attached hydrogens (tertiary/aromatic N) is 4. The van der Waals surface area contributed by atoms with Crippen molar-refractivity contribution in [1.82, 2.24) is 24.5 Å². The average molecular weight is 451 g/mol. The molecule has 0 spiro atoms. The fourth-order valence-corrected chi connectivity index (χ4v) is 3.90. The van der Waals surface area contributed by atoms with E-state index in [0.717, 1.165) is 22.4 Å². The number of pyridine rings is 1. The van der Waals surface area contributed by atoms with Crippen LogP contribution in [0.4, 0.5) is 5.13 Å². The standard InChI is InChI=1S/C21H18N6O2S2/c1-30-27-10-7-17(26-27)20(29)23-12-19(28)25-21-24-18(13-31-21)16-4-2-3-15(11-16)14-5-8-22-9-6-14/h2-11,13H,12H2,1H3,(H,23,29)(H,24,25,28). The summed E-state index contributed by atoms with van der Waals surface area (Å²) in [5.74, 6) is -0.764. The molecule has 0 aliphatic rings. The minimum atomic E-state index is -0.407. The van der Waals surface area contributed by atoms with E-state index < -0.39 is 5.91 Å². The molecule has 4 rings (SSSR count). The van der Waals surface area contributed by atoms with Gasteiger partial charge in [-0.3, -0.25) is 14.6 Å². The molecule has 31 heavy (non-hydrogen) atoms. The second-order valence-electron chi connectivity index (χ2n) is 6.37. The Labute approximate surface area is 186 Å². The maximum absolute atomic E-state index is 12.2. The summed E-state index contributed by atoms with van der Waals surface area (Å²) in [5, 5.41) is 11.7. The van der Waals surface area contributed by atoms with Gasteiger partial charge >= 0.3 is 0 Å². The number of aromatic nitrogens is 4. The first-order valence-corrected chi connectivity index (χ1v) is 11.3. The first-order chi connectivity index (χ1) is 15.1. The van der Waals surface area contributed by atoms with Crippen molar-refractivity contribution >= 4 is 40.2 Å². The summed E-state index contributed by atoms with van der Waals surface area (Å²) in [6.07, 6.45) is 7.04. The highest BCUT2D eigenvalue weighted by molar-refractivity contribution is 7.97. The first-order valence-electron chi connectivity index (χ1n) is 9.27. The van der Waals surface area contributed by atoms with E-state index in [-0.39, 0.29) is 18.1 Å². The highest BCUT2D eigenvalue weighted by atomic mass is 32.2. The van der Waals surface area contributed by atoms with Crippen molar-refractivity contribution in [2.45, 2.75) is 0 Å². The SMILES string of the molecule is CSn1ccc(C(=O)NCC(=O)Nc2nc(-c3cccc(-c4ccncc4)c3)cs2)n1. The second-order valence-corrected chi connectivity index (χ2v) is 7.97. The van der Waals surface area contributed by atoms with E-state index in [1.807, 2.05) is 48.0 Å². The van der Waals surface area contributed by atoms with E-state index in [2.05, 4.69) is 25.7 Å². The minimum Gasteiger partial charge on any atom is -0.342 e. The Bertz CT molecular complexity index is 1210. The Morgan fingerprint density at radius 3 is 2.68 bits per heavy atom. The zero-order chi connectivity index (χ0) is 21.6. The molecule has 2 amide bonds. The van der Waals surface area contributed by atoms with E-state index in [9.17, 15) is 9.59 Å². The van der Waals surface area contributed by atoms with Gasteiger partial charge in [-0.25, -0.2) is 9.07 Å². The largest absolute Gasteiger partial charge is 0.342 e. The molecule has 0 unspecified atom stereocenters. The van der Waals surface area contributed by atoms with Crippen LogP contribution in [0.5, 0.6) is 0 Å². The van der Waals surface area contributed by atoms with Crippen molar-refractivity contribution < 1.29 is 9.59 Å². The molecule has 8 nitrogen and oxygen atoms in total. The molecular weight excluding hydrogens is 432 g/mol. The molecule has 1 aromatic carbocycles. The lowest BCUT2D eigenvalue weighted by molar-refractivity contribution is -0.115. The van der Waals surface area contributed by atoms with E-state index in [1.165, 1.54) is 23.3 Å². The smallest absolute Gasteiger partial charge is 0.272 e. The molecule has 2 N–H and O–H groups in total. The zero-order valence-electron chi connectivity index (χ0n) is 16.5. The number of benzene rings is 1. The van der Waals surface area contributed by atoms with Crippen LogP contribution in [0.2, 0.25) is 0 Å². The van der Waals surface area contributed by atoms with Crippen LogP contribution in [-0.4, -0.2) is 43.8 Å². The predicted octanol–water partition coefficient (Wildman–Crippen LogP) is 3.56. The third-order valence-corrected chi connectivity index (χ3v) is 5.65. The Kier molecular flexibility index (Phi) is 6.39. The van der Waals surface area contributed by atoms with Crippen LogP contribution in [0.1, 0.15) is 10.5 Å². The normalized spacial score (nSPS) is 10.6. The number of rotatable bonds is 7. The number of anilines is 1. The highest BCUT2D eigenvalue weighted by Gasteiger charge is 2.13. The Balaban J connectivity index is 1.37. The molecule has 0 aliphatic carbocycles. The number of hydrogen-bond acceptors (Lipinski definition) is 7. The van der Waals surface area contributed by atoms with Crippen LogP contribution >= 0.6 is 23.3 Å². The second kappa shape index (κ2) is 9.54. The molecule has 3 aromatic heterocycles. The Morgan fingerprint density at radius 1 is 1.10 bits per heavy atom. The molecule has 0 saturated heterocycles. The lowest BCUT2D eigenvalue weighted by atomic mass is 10.0. The maximum Gasteiger partial charge on any atom is 0.272 e. The third kappa shape index (κ3) is 5.16. The molecule has 0 saturated carbocycles. The summed E-state index contributed by atoms with van der Waals surface area (Å²) in [7, 11) is 0. The lowest BCUT2D eigenvalue weighted by Crippen LogP contribution is -2.33. The topological polar surface area (TPSA) is 102 Å². The summed E-state index contributed by atoms with van der Waals surface area (Å²) in [6.45, 7) is -0.169. The third-order valence-electron chi connectivity index (χ3n) is 4.32. The molecule has 4 aromatic rings. The summed E-state index contributed by atoms with van der Waals surface area (Å²) in [4.78, 5) is 32.8. The molecule has 0 radical (unpaired) electrons. The van der Waals surface area contributed by atoms with Crippen LogP contribution in [0.25, 0.3) is 22.4 Å². The van der Waals surface area contributed by atoms with E-state index in [0.29, 0.717) is 5.13 Å². The number of thiazole rings is 1. The lowest BCUT2D eigenvalue weighted by Gasteiger charge is -2.04. The Morgan fingerprint density at radius 2 is 1.90 bits per heavy atom. The maximum atomic E-state index is 12.2. The quantitative estimate of drug-likeness (QED) is 0.446. The Hall–Kier alpha value is -3.50. The molecule has 0 fully saturated rings. The molecular formula is C21H18N6O2S2. The van der Waals surface area contributed by atoms with Crippen molar-refractivity contribution in [2.75, 3.05) is 18.1 Å². The molecule has 10 heteroatoms. The van der Waals surface area contributed by atoms with Gasteiger partial charge in [-0.1, -0.05) is 18.2 Å². The van der Waals surface area contributed by atoms with Gasteiger partial charge in [0.1, 0.15) is 0 Å². The number of carbonyl (C=O) groups is 2. The average Bonchev–Trinajstić information content (AvgIpc) is 3.48. The number of hydrogen-bond donors (Lipinski definition) is 2. The molecule has 0 bridgehead atoms. The number of carbonyl (C=O) groups excluding carboxylic acids is 2. The summed E-state index contributed by atoms with van der Waals surface area (Å²) >= 11 is 2.70. The number of nitrogens with one attached hydrogen (secondary N) is 2. The van der Waals surface area contributed by atoms with Gasteiger partial charge in [-0.2, -0.15) is 5.10 Å². The molecule has 156 valence electrons. The van der Waals surface area contributed by atoms with Gasteiger partial charge in [0.15, 0.2) is 10.8 Å². The van der Waals surface area contributed by atoms with Crippen LogP contribution in [0, 0.1) is 0 Å². The van der Waals surface area contributed by atoms with Gasteiger partial charge in [0.25, 0.3) is 5.91 Å². The van der Waals surface area contributed by atoms with E-state index in [4.69, 9.17) is 0 Å². The van der Waals surface area contributed by atoms with Crippen LogP contribution < -0.4 is 10.6 Å².